The Labute approximate surface area is 169 Å². The molecule has 1 N–H and O–H groups in total. The average Bonchev–Trinajstić information content (AvgIpc) is 3.14. The second-order valence-electron chi connectivity index (χ2n) is 6.04. The van der Waals surface area contributed by atoms with Crippen molar-refractivity contribution in [3.8, 4) is 5.75 Å². The zero-order chi connectivity index (χ0) is 19.5. The van der Waals surface area contributed by atoms with Crippen LogP contribution in [0.25, 0.3) is 5.65 Å². The summed E-state index contributed by atoms with van der Waals surface area (Å²) in [5.74, 6) is 1.32. The van der Waals surface area contributed by atoms with Crippen molar-refractivity contribution in [2.45, 2.75) is 17.0 Å². The van der Waals surface area contributed by atoms with Crippen LogP contribution in [0.4, 0.5) is 10.8 Å². The first kappa shape index (κ1) is 18.5. The maximum Gasteiger partial charge on any atom is 0.258 e. The maximum absolute atomic E-state index is 12.3. The summed E-state index contributed by atoms with van der Waals surface area (Å²) in [6.45, 7) is 1.95. The van der Waals surface area contributed by atoms with Crippen molar-refractivity contribution in [3.05, 3.63) is 70.3 Å². The van der Waals surface area contributed by atoms with Gasteiger partial charge >= 0.3 is 0 Å². The second kappa shape index (κ2) is 7.99. The summed E-state index contributed by atoms with van der Waals surface area (Å²) in [6, 6.07) is 13.0. The first-order valence-electron chi connectivity index (χ1n) is 8.47. The van der Waals surface area contributed by atoms with Gasteiger partial charge in [-0.2, -0.15) is 0 Å². The van der Waals surface area contributed by atoms with Crippen LogP contribution in [0, 0.1) is 6.92 Å². The molecular weight excluding hydrogens is 394 g/mol. The standard InChI is InChI=1S/C19H17N5O2S2/c1-12-6-7-16-20-14(9-17(25)24(16)10-12)11-27-19-23-22-18(28-19)21-13-4-3-5-15(8-13)26-2/h3-10H,11H2,1-2H3,(H,21,22). The second-order valence-corrected chi connectivity index (χ2v) is 8.24. The van der Waals surface area contributed by atoms with Crippen LogP contribution in [-0.2, 0) is 5.75 Å². The molecule has 4 aromatic rings. The van der Waals surface area contributed by atoms with Crippen LogP contribution < -0.4 is 15.6 Å². The molecule has 0 bridgehead atoms. The molecule has 0 spiro atoms. The van der Waals surface area contributed by atoms with E-state index in [4.69, 9.17) is 4.74 Å². The van der Waals surface area contributed by atoms with E-state index >= 15 is 0 Å². The smallest absolute Gasteiger partial charge is 0.258 e. The van der Waals surface area contributed by atoms with Crippen LogP contribution in [-0.4, -0.2) is 26.7 Å². The Morgan fingerprint density at radius 1 is 1.21 bits per heavy atom. The van der Waals surface area contributed by atoms with Crippen molar-refractivity contribution in [1.82, 2.24) is 19.6 Å². The Morgan fingerprint density at radius 3 is 2.96 bits per heavy atom. The number of methoxy groups -OCH3 is 1. The third kappa shape index (κ3) is 4.15. The molecule has 0 aliphatic rings. The predicted octanol–water partition coefficient (Wildman–Crippen LogP) is 3.90. The number of ether oxygens (including phenoxy) is 1. The fraction of sp³-hybridized carbons (Fsp3) is 0.158. The van der Waals surface area contributed by atoms with Gasteiger partial charge in [-0.3, -0.25) is 9.20 Å². The lowest BCUT2D eigenvalue weighted by atomic mass is 10.3. The third-order valence-electron chi connectivity index (χ3n) is 3.93. The number of aromatic nitrogens is 4. The molecule has 1 aromatic carbocycles. The zero-order valence-corrected chi connectivity index (χ0v) is 16.9. The Morgan fingerprint density at radius 2 is 2.11 bits per heavy atom. The molecular formula is C19H17N5O2S2. The Balaban J connectivity index is 1.45. The van der Waals surface area contributed by atoms with E-state index in [2.05, 4.69) is 20.5 Å². The van der Waals surface area contributed by atoms with Gasteiger partial charge in [0.05, 0.1) is 12.8 Å². The molecule has 0 fully saturated rings. The van der Waals surface area contributed by atoms with Crippen LogP contribution in [0.2, 0.25) is 0 Å². The van der Waals surface area contributed by atoms with Gasteiger partial charge in [-0.05, 0) is 30.7 Å². The molecule has 0 aliphatic carbocycles. The number of aryl methyl sites for hydroxylation is 1. The fourth-order valence-electron chi connectivity index (χ4n) is 2.61. The fourth-order valence-corrected chi connectivity index (χ4v) is 4.28. The van der Waals surface area contributed by atoms with E-state index in [0.29, 0.717) is 16.5 Å². The van der Waals surface area contributed by atoms with Crippen molar-refractivity contribution < 1.29 is 4.74 Å². The van der Waals surface area contributed by atoms with Crippen molar-refractivity contribution in [1.29, 1.82) is 0 Å². The summed E-state index contributed by atoms with van der Waals surface area (Å²) >= 11 is 2.95. The van der Waals surface area contributed by atoms with Gasteiger partial charge in [-0.1, -0.05) is 35.2 Å². The Kier molecular flexibility index (Phi) is 5.27. The minimum atomic E-state index is -0.0815. The largest absolute Gasteiger partial charge is 0.497 e. The third-order valence-corrected chi connectivity index (χ3v) is 5.94. The van der Waals surface area contributed by atoms with Gasteiger partial charge in [0.15, 0.2) is 4.34 Å². The molecule has 7 nitrogen and oxygen atoms in total. The number of nitrogens with one attached hydrogen (secondary N) is 1. The van der Waals surface area contributed by atoms with Crippen LogP contribution in [0.1, 0.15) is 11.3 Å². The molecule has 3 aromatic heterocycles. The summed E-state index contributed by atoms with van der Waals surface area (Å²) in [5, 5.41) is 12.3. The number of nitrogens with zero attached hydrogens (tertiary/aromatic N) is 4. The van der Waals surface area contributed by atoms with Gasteiger partial charge in [0, 0.05) is 29.8 Å². The van der Waals surface area contributed by atoms with Crippen molar-refractivity contribution in [2.24, 2.45) is 0 Å². The number of hydrogen-bond donors (Lipinski definition) is 1. The van der Waals surface area contributed by atoms with E-state index < -0.39 is 0 Å². The topological polar surface area (TPSA) is 81.4 Å². The van der Waals surface area contributed by atoms with E-state index in [1.165, 1.54) is 23.1 Å². The summed E-state index contributed by atoms with van der Waals surface area (Å²) in [4.78, 5) is 16.8. The molecule has 9 heteroatoms. The van der Waals surface area contributed by atoms with Crippen molar-refractivity contribution in [3.63, 3.8) is 0 Å². The number of fused-ring (bicyclic) bond motifs is 1. The zero-order valence-electron chi connectivity index (χ0n) is 15.2. The number of hydrogen-bond acceptors (Lipinski definition) is 8. The van der Waals surface area contributed by atoms with Gasteiger partial charge in [0.25, 0.3) is 5.56 Å². The van der Waals surface area contributed by atoms with Crippen LogP contribution >= 0.6 is 23.1 Å². The highest BCUT2D eigenvalue weighted by Gasteiger charge is 2.08. The number of benzene rings is 1. The summed E-state index contributed by atoms with van der Waals surface area (Å²) in [7, 11) is 1.63. The Hall–Kier alpha value is -2.91. The number of pyridine rings is 1. The van der Waals surface area contributed by atoms with E-state index in [1.54, 1.807) is 23.8 Å². The average molecular weight is 412 g/mol. The van der Waals surface area contributed by atoms with Crippen LogP contribution in [0.15, 0.2) is 57.8 Å². The summed E-state index contributed by atoms with van der Waals surface area (Å²) in [5.41, 5.74) is 3.18. The van der Waals surface area contributed by atoms with E-state index in [-0.39, 0.29) is 5.56 Å². The maximum atomic E-state index is 12.3. The molecule has 0 aliphatic heterocycles. The van der Waals surface area contributed by atoms with Crippen molar-refractivity contribution >= 4 is 39.6 Å². The van der Waals surface area contributed by atoms with Gasteiger partial charge in [-0.25, -0.2) is 4.98 Å². The highest BCUT2D eigenvalue weighted by atomic mass is 32.2. The number of rotatable bonds is 6. The molecule has 0 atom stereocenters. The summed E-state index contributed by atoms with van der Waals surface area (Å²) < 4.78 is 7.58. The van der Waals surface area contributed by atoms with E-state index in [9.17, 15) is 4.79 Å². The number of anilines is 2. The quantitative estimate of drug-likeness (QED) is 0.482. The van der Waals surface area contributed by atoms with Crippen LogP contribution in [0.3, 0.4) is 0 Å². The summed E-state index contributed by atoms with van der Waals surface area (Å²) in [6.07, 6.45) is 1.79. The lowest BCUT2D eigenvalue weighted by molar-refractivity contribution is 0.415. The SMILES string of the molecule is COc1cccc(Nc2nnc(SCc3cc(=O)n4cc(C)ccc4n3)s2)c1. The molecule has 0 amide bonds. The lowest BCUT2D eigenvalue weighted by Crippen LogP contribution is -2.15. The first-order chi connectivity index (χ1) is 13.6. The number of thioether (sulfide) groups is 1. The highest BCUT2D eigenvalue weighted by Crippen LogP contribution is 2.30. The normalized spacial score (nSPS) is 10.9. The van der Waals surface area contributed by atoms with Gasteiger partial charge in [-0.15, -0.1) is 10.2 Å². The highest BCUT2D eigenvalue weighted by molar-refractivity contribution is 8.00. The predicted molar refractivity (Wildman–Crippen MR) is 112 cm³/mol. The molecule has 3 heterocycles. The van der Waals surface area contributed by atoms with Gasteiger partial charge in [0.1, 0.15) is 11.4 Å². The molecule has 28 heavy (non-hydrogen) atoms. The lowest BCUT2D eigenvalue weighted by Gasteiger charge is -2.04. The van der Waals surface area contributed by atoms with Crippen molar-refractivity contribution in [2.75, 3.05) is 12.4 Å². The van der Waals surface area contributed by atoms with E-state index in [0.717, 1.165) is 27.0 Å². The van der Waals surface area contributed by atoms with Gasteiger partial charge in [0.2, 0.25) is 5.13 Å². The molecule has 0 saturated carbocycles. The van der Waals surface area contributed by atoms with E-state index in [1.807, 2.05) is 43.3 Å². The molecule has 0 radical (unpaired) electrons. The van der Waals surface area contributed by atoms with Crippen LogP contribution in [0.5, 0.6) is 5.75 Å². The Bertz CT molecular complexity index is 1190. The molecule has 0 unspecified atom stereocenters. The monoisotopic (exact) mass is 411 g/mol. The molecule has 0 saturated heterocycles. The minimum absolute atomic E-state index is 0.0815. The molecule has 142 valence electrons. The molecule has 4 rings (SSSR count). The van der Waals surface area contributed by atoms with Gasteiger partial charge < -0.3 is 10.1 Å². The first-order valence-corrected chi connectivity index (χ1v) is 10.3. The minimum Gasteiger partial charge on any atom is -0.497 e.